The lowest BCUT2D eigenvalue weighted by Crippen LogP contribution is -2.10. The number of hydrogen-bond donors (Lipinski definition) is 1. The molecule has 0 amide bonds. The van der Waals surface area contributed by atoms with Crippen LogP contribution >= 0.6 is 11.3 Å². The molecule has 1 aliphatic rings. The van der Waals surface area contributed by atoms with Crippen molar-refractivity contribution in [3.63, 3.8) is 0 Å². The van der Waals surface area contributed by atoms with E-state index in [4.69, 9.17) is 4.98 Å². The van der Waals surface area contributed by atoms with Crippen LogP contribution < -0.4 is 5.32 Å². The Morgan fingerprint density at radius 2 is 1.86 bits per heavy atom. The van der Waals surface area contributed by atoms with Gasteiger partial charge in [-0.2, -0.15) is 0 Å². The molecule has 1 aliphatic carbocycles. The molecule has 0 spiro atoms. The molecule has 2 nitrogen and oxygen atoms in total. The summed E-state index contributed by atoms with van der Waals surface area (Å²) in [5.74, 6) is 1.57. The van der Waals surface area contributed by atoms with Crippen molar-refractivity contribution in [3.05, 3.63) is 40.2 Å². The number of aromatic nitrogens is 1. The topological polar surface area (TPSA) is 24.9 Å². The second kappa shape index (κ2) is 6.71. The zero-order chi connectivity index (χ0) is 14.7. The van der Waals surface area contributed by atoms with Crippen LogP contribution in [-0.4, -0.2) is 12.0 Å². The highest BCUT2D eigenvalue weighted by Gasteiger charge is 2.24. The Hall–Kier alpha value is -1.19. The fourth-order valence-corrected chi connectivity index (χ4v) is 4.42. The van der Waals surface area contributed by atoms with E-state index in [1.165, 1.54) is 46.8 Å². The third kappa shape index (κ3) is 3.35. The van der Waals surface area contributed by atoms with Gasteiger partial charge in [0.2, 0.25) is 0 Å². The Morgan fingerprint density at radius 1 is 1.14 bits per heavy atom. The summed E-state index contributed by atoms with van der Waals surface area (Å²) >= 11 is 1.91. The molecule has 3 rings (SSSR count). The lowest BCUT2D eigenvalue weighted by atomic mass is 9.83. The minimum Gasteiger partial charge on any atom is -0.315 e. The number of benzene rings is 1. The zero-order valence-electron chi connectivity index (χ0n) is 12.9. The SMILES string of the molecule is CNCc1sc(C2CCC(C)CC2)nc1-c1ccccc1. The van der Waals surface area contributed by atoms with Gasteiger partial charge in [0.15, 0.2) is 0 Å². The van der Waals surface area contributed by atoms with Crippen LogP contribution in [0.15, 0.2) is 30.3 Å². The summed E-state index contributed by atoms with van der Waals surface area (Å²) < 4.78 is 0. The smallest absolute Gasteiger partial charge is 0.0966 e. The fourth-order valence-electron chi connectivity index (χ4n) is 3.15. The fraction of sp³-hybridized carbons (Fsp3) is 0.500. The molecule has 1 saturated carbocycles. The van der Waals surface area contributed by atoms with E-state index in [2.05, 4.69) is 42.6 Å². The molecular weight excluding hydrogens is 276 g/mol. The van der Waals surface area contributed by atoms with Crippen molar-refractivity contribution < 1.29 is 0 Å². The molecule has 0 aliphatic heterocycles. The van der Waals surface area contributed by atoms with Crippen LogP contribution in [-0.2, 0) is 6.54 Å². The van der Waals surface area contributed by atoms with Gasteiger partial charge in [0.25, 0.3) is 0 Å². The van der Waals surface area contributed by atoms with Crippen molar-refractivity contribution in [2.45, 2.75) is 45.1 Å². The van der Waals surface area contributed by atoms with Gasteiger partial charge in [0.05, 0.1) is 10.7 Å². The second-order valence-corrected chi connectivity index (χ2v) is 7.29. The molecule has 0 bridgehead atoms. The molecule has 112 valence electrons. The summed E-state index contributed by atoms with van der Waals surface area (Å²) in [5.41, 5.74) is 2.43. The van der Waals surface area contributed by atoms with Gasteiger partial charge >= 0.3 is 0 Å². The summed E-state index contributed by atoms with van der Waals surface area (Å²) in [4.78, 5) is 6.40. The number of thiazole rings is 1. The van der Waals surface area contributed by atoms with Gasteiger partial charge in [0.1, 0.15) is 0 Å². The highest BCUT2D eigenvalue weighted by molar-refractivity contribution is 7.12. The summed E-state index contributed by atoms with van der Waals surface area (Å²) in [5, 5.41) is 4.64. The molecule has 0 saturated heterocycles. The first kappa shape index (κ1) is 14.7. The molecule has 1 fully saturated rings. The van der Waals surface area contributed by atoms with Crippen molar-refractivity contribution in [2.75, 3.05) is 7.05 Å². The van der Waals surface area contributed by atoms with Gasteiger partial charge in [-0.25, -0.2) is 4.98 Å². The van der Waals surface area contributed by atoms with E-state index < -0.39 is 0 Å². The van der Waals surface area contributed by atoms with Crippen molar-refractivity contribution >= 4 is 11.3 Å². The molecular formula is C18H24N2S. The van der Waals surface area contributed by atoms with Gasteiger partial charge in [-0.15, -0.1) is 11.3 Å². The Kier molecular flexibility index (Phi) is 4.71. The van der Waals surface area contributed by atoms with Crippen molar-refractivity contribution in [3.8, 4) is 11.3 Å². The maximum absolute atomic E-state index is 5.03. The number of hydrogen-bond acceptors (Lipinski definition) is 3. The van der Waals surface area contributed by atoms with Crippen LogP contribution in [0.2, 0.25) is 0 Å². The third-order valence-corrected chi connectivity index (χ3v) is 5.68. The van der Waals surface area contributed by atoms with Crippen LogP contribution in [0.3, 0.4) is 0 Å². The van der Waals surface area contributed by atoms with E-state index in [1.54, 1.807) is 0 Å². The molecule has 2 aromatic rings. The molecule has 0 radical (unpaired) electrons. The molecule has 1 aromatic carbocycles. The monoisotopic (exact) mass is 300 g/mol. The first-order valence-corrected chi connectivity index (χ1v) is 8.79. The molecule has 0 atom stereocenters. The van der Waals surface area contributed by atoms with E-state index in [-0.39, 0.29) is 0 Å². The first-order chi connectivity index (χ1) is 10.3. The Morgan fingerprint density at radius 3 is 2.52 bits per heavy atom. The van der Waals surface area contributed by atoms with E-state index in [0.717, 1.165) is 12.5 Å². The minimum atomic E-state index is 0.680. The highest BCUT2D eigenvalue weighted by Crippen LogP contribution is 2.39. The van der Waals surface area contributed by atoms with Crippen molar-refractivity contribution in [1.29, 1.82) is 0 Å². The molecule has 21 heavy (non-hydrogen) atoms. The molecule has 1 heterocycles. The summed E-state index contributed by atoms with van der Waals surface area (Å²) in [7, 11) is 2.01. The lowest BCUT2D eigenvalue weighted by molar-refractivity contribution is 0.347. The van der Waals surface area contributed by atoms with Gasteiger partial charge < -0.3 is 5.32 Å². The van der Waals surface area contributed by atoms with Crippen LogP contribution in [0.5, 0.6) is 0 Å². The standard InChI is InChI=1S/C18H24N2S/c1-13-8-10-15(11-9-13)18-20-17(16(21-18)12-19-2)14-6-4-3-5-7-14/h3-7,13,15,19H,8-12H2,1-2H3. The third-order valence-electron chi connectivity index (χ3n) is 4.46. The average Bonchev–Trinajstić information content (AvgIpc) is 2.93. The van der Waals surface area contributed by atoms with Crippen LogP contribution in [0, 0.1) is 5.92 Å². The van der Waals surface area contributed by atoms with Gasteiger partial charge in [-0.05, 0) is 25.8 Å². The molecule has 3 heteroatoms. The largest absolute Gasteiger partial charge is 0.315 e. The lowest BCUT2D eigenvalue weighted by Gasteiger charge is -2.24. The quantitative estimate of drug-likeness (QED) is 0.875. The molecule has 1 N–H and O–H groups in total. The second-order valence-electron chi connectivity index (χ2n) is 6.18. The van der Waals surface area contributed by atoms with Crippen molar-refractivity contribution in [1.82, 2.24) is 10.3 Å². The van der Waals surface area contributed by atoms with Gasteiger partial charge in [-0.3, -0.25) is 0 Å². The maximum Gasteiger partial charge on any atom is 0.0966 e. The zero-order valence-corrected chi connectivity index (χ0v) is 13.7. The van der Waals surface area contributed by atoms with E-state index >= 15 is 0 Å². The number of nitrogens with zero attached hydrogens (tertiary/aromatic N) is 1. The van der Waals surface area contributed by atoms with Crippen LogP contribution in [0.1, 0.15) is 48.4 Å². The molecule has 0 unspecified atom stereocenters. The van der Waals surface area contributed by atoms with Crippen LogP contribution in [0.25, 0.3) is 11.3 Å². The van der Waals surface area contributed by atoms with Crippen molar-refractivity contribution in [2.24, 2.45) is 5.92 Å². The maximum atomic E-state index is 5.03. The van der Waals surface area contributed by atoms with E-state index in [1.807, 2.05) is 18.4 Å². The Labute approximate surface area is 131 Å². The average molecular weight is 300 g/mol. The molecule has 1 aromatic heterocycles. The summed E-state index contributed by atoms with van der Waals surface area (Å²) in [6.07, 6.45) is 5.32. The Bertz CT molecular complexity index is 568. The normalized spacial score (nSPS) is 22.4. The minimum absolute atomic E-state index is 0.680. The Balaban J connectivity index is 1.89. The van der Waals surface area contributed by atoms with Crippen LogP contribution in [0.4, 0.5) is 0 Å². The predicted molar refractivity (Wildman–Crippen MR) is 90.7 cm³/mol. The summed E-state index contributed by atoms with van der Waals surface area (Å²) in [6, 6.07) is 10.6. The van der Waals surface area contributed by atoms with Gasteiger partial charge in [-0.1, -0.05) is 50.1 Å². The van der Waals surface area contributed by atoms with E-state index in [0.29, 0.717) is 5.92 Å². The first-order valence-electron chi connectivity index (χ1n) is 7.97. The van der Waals surface area contributed by atoms with Gasteiger partial charge in [0, 0.05) is 22.9 Å². The number of rotatable bonds is 4. The number of nitrogens with one attached hydrogen (secondary N) is 1. The predicted octanol–water partition coefficient (Wildman–Crippen LogP) is 4.82. The summed E-state index contributed by atoms with van der Waals surface area (Å²) in [6.45, 7) is 3.28. The van der Waals surface area contributed by atoms with E-state index in [9.17, 15) is 0 Å². The highest BCUT2D eigenvalue weighted by atomic mass is 32.1.